The predicted octanol–water partition coefficient (Wildman–Crippen LogP) is 6.14. The zero-order valence-corrected chi connectivity index (χ0v) is 18.5. The minimum atomic E-state index is -0.828. The van der Waals surface area contributed by atoms with E-state index >= 15 is 0 Å². The summed E-state index contributed by atoms with van der Waals surface area (Å²) < 4.78 is 5.72. The van der Waals surface area contributed by atoms with E-state index in [1.54, 1.807) is 6.07 Å². The van der Waals surface area contributed by atoms with Crippen molar-refractivity contribution < 1.29 is 19.5 Å². The molecule has 3 aromatic carbocycles. The van der Waals surface area contributed by atoms with Crippen LogP contribution >= 0.6 is 0 Å². The number of ether oxygens (including phenoxy) is 1. The van der Waals surface area contributed by atoms with Gasteiger partial charge in [0.1, 0.15) is 12.4 Å². The summed E-state index contributed by atoms with van der Waals surface area (Å²) in [4.78, 5) is 16.8. The Hall–Kier alpha value is -3.60. The molecule has 166 valence electrons. The maximum atomic E-state index is 11.4. The average Bonchev–Trinajstić information content (AvgIpc) is 2.83. The van der Waals surface area contributed by atoms with Crippen LogP contribution in [0.1, 0.15) is 43.7 Å². The Balaban J connectivity index is 1.53. The fourth-order valence-corrected chi connectivity index (χ4v) is 3.50. The molecule has 0 aliphatic heterocycles. The van der Waals surface area contributed by atoms with E-state index in [-0.39, 0.29) is 0 Å². The summed E-state index contributed by atoms with van der Waals surface area (Å²) in [6, 6.07) is 25.8. The zero-order valence-electron chi connectivity index (χ0n) is 18.5. The molecule has 0 bridgehead atoms. The standard InChI is InChI=1S/C27H29NO4/c1-3-25(27(29)30)23-11-8-12-24(19-23)31-17-18-32-28-26(4-2)22-15-13-21(14-16-22)20-9-6-5-7-10-20/h5-16,19,25H,3-4,17-18H2,1-2H3,(H,29,30)/b28-26+. The third-order valence-corrected chi connectivity index (χ3v) is 5.25. The van der Waals surface area contributed by atoms with Crippen LogP contribution in [0, 0.1) is 0 Å². The fraction of sp³-hybridized carbons (Fsp3) is 0.259. The van der Waals surface area contributed by atoms with E-state index in [1.807, 2.05) is 50.2 Å². The van der Waals surface area contributed by atoms with Crippen LogP contribution in [-0.2, 0) is 9.63 Å². The first kappa shape index (κ1) is 23.1. The number of aliphatic carboxylic acids is 1. The van der Waals surface area contributed by atoms with Gasteiger partial charge in [-0.2, -0.15) is 0 Å². The Bertz CT molecular complexity index is 1030. The molecule has 1 unspecified atom stereocenters. The van der Waals surface area contributed by atoms with Crippen molar-refractivity contribution in [2.45, 2.75) is 32.6 Å². The minimum absolute atomic E-state index is 0.298. The normalized spacial score (nSPS) is 12.2. The molecular formula is C27H29NO4. The smallest absolute Gasteiger partial charge is 0.310 e. The number of benzene rings is 3. The summed E-state index contributed by atoms with van der Waals surface area (Å²) in [5.74, 6) is -0.729. The first-order valence-corrected chi connectivity index (χ1v) is 10.9. The van der Waals surface area contributed by atoms with Crippen molar-refractivity contribution in [3.05, 3.63) is 90.0 Å². The minimum Gasteiger partial charge on any atom is -0.490 e. The van der Waals surface area contributed by atoms with Crippen LogP contribution in [0.4, 0.5) is 0 Å². The molecule has 5 heteroatoms. The second-order valence-electron chi connectivity index (χ2n) is 7.39. The van der Waals surface area contributed by atoms with E-state index in [1.165, 1.54) is 5.56 Å². The SMILES string of the molecule is CC/C(=N\OCCOc1cccc(C(CC)C(=O)O)c1)c1ccc(-c2ccccc2)cc1. The predicted molar refractivity (Wildman–Crippen MR) is 127 cm³/mol. The van der Waals surface area contributed by atoms with E-state index < -0.39 is 11.9 Å². The van der Waals surface area contributed by atoms with Gasteiger partial charge in [0.15, 0.2) is 6.61 Å². The summed E-state index contributed by atoms with van der Waals surface area (Å²) in [5.41, 5.74) is 4.98. The molecule has 0 amide bonds. The lowest BCUT2D eigenvalue weighted by atomic mass is 9.97. The first-order valence-electron chi connectivity index (χ1n) is 10.9. The van der Waals surface area contributed by atoms with Gasteiger partial charge < -0.3 is 14.7 Å². The van der Waals surface area contributed by atoms with Crippen molar-refractivity contribution in [1.82, 2.24) is 0 Å². The Morgan fingerprint density at radius 1 is 0.906 bits per heavy atom. The van der Waals surface area contributed by atoms with Crippen molar-refractivity contribution in [3.8, 4) is 16.9 Å². The molecule has 0 saturated heterocycles. The molecule has 5 nitrogen and oxygen atoms in total. The highest BCUT2D eigenvalue weighted by Crippen LogP contribution is 2.24. The second-order valence-corrected chi connectivity index (χ2v) is 7.39. The Morgan fingerprint density at radius 2 is 1.62 bits per heavy atom. The maximum Gasteiger partial charge on any atom is 0.310 e. The van der Waals surface area contributed by atoms with E-state index in [4.69, 9.17) is 9.57 Å². The third kappa shape index (κ3) is 6.20. The molecule has 3 rings (SSSR count). The van der Waals surface area contributed by atoms with Crippen LogP contribution in [0.3, 0.4) is 0 Å². The van der Waals surface area contributed by atoms with Gasteiger partial charge in [-0.25, -0.2) is 0 Å². The Kier molecular flexibility index (Phi) is 8.44. The van der Waals surface area contributed by atoms with Crippen molar-refractivity contribution in [1.29, 1.82) is 0 Å². The molecule has 32 heavy (non-hydrogen) atoms. The first-order chi connectivity index (χ1) is 15.6. The number of hydrogen-bond acceptors (Lipinski definition) is 4. The van der Waals surface area contributed by atoms with E-state index in [9.17, 15) is 9.90 Å². The van der Waals surface area contributed by atoms with Gasteiger partial charge in [0, 0.05) is 0 Å². The highest BCUT2D eigenvalue weighted by Gasteiger charge is 2.17. The average molecular weight is 432 g/mol. The Labute approximate surface area is 189 Å². The molecule has 0 fully saturated rings. The summed E-state index contributed by atoms with van der Waals surface area (Å²) in [5, 5.41) is 13.6. The van der Waals surface area contributed by atoms with Gasteiger partial charge in [-0.05, 0) is 47.2 Å². The van der Waals surface area contributed by atoms with Gasteiger partial charge >= 0.3 is 5.97 Å². The zero-order chi connectivity index (χ0) is 22.8. The summed E-state index contributed by atoms with van der Waals surface area (Å²) >= 11 is 0. The number of carboxylic acid groups (broad SMARTS) is 1. The summed E-state index contributed by atoms with van der Waals surface area (Å²) in [6.45, 7) is 4.52. The molecule has 0 aromatic heterocycles. The molecule has 0 aliphatic rings. The van der Waals surface area contributed by atoms with Gasteiger partial charge in [0.05, 0.1) is 11.6 Å². The van der Waals surface area contributed by atoms with Gasteiger partial charge in [-0.15, -0.1) is 0 Å². The van der Waals surface area contributed by atoms with Crippen molar-refractivity contribution in [3.63, 3.8) is 0 Å². The number of carbonyl (C=O) groups is 1. The van der Waals surface area contributed by atoms with Crippen LogP contribution in [-0.4, -0.2) is 30.0 Å². The van der Waals surface area contributed by atoms with Crippen LogP contribution < -0.4 is 4.74 Å². The third-order valence-electron chi connectivity index (χ3n) is 5.25. The molecule has 0 radical (unpaired) electrons. The van der Waals surface area contributed by atoms with Gasteiger partial charge in [-0.3, -0.25) is 4.79 Å². The number of carboxylic acids is 1. The number of hydrogen-bond donors (Lipinski definition) is 1. The molecular weight excluding hydrogens is 402 g/mol. The highest BCUT2D eigenvalue weighted by atomic mass is 16.6. The molecule has 0 saturated carbocycles. The molecule has 1 N–H and O–H groups in total. The van der Waals surface area contributed by atoms with Crippen molar-refractivity contribution >= 4 is 11.7 Å². The summed E-state index contributed by atoms with van der Waals surface area (Å²) in [6.07, 6.45) is 1.28. The van der Waals surface area contributed by atoms with Gasteiger partial charge in [0.25, 0.3) is 0 Å². The molecule has 3 aromatic rings. The van der Waals surface area contributed by atoms with Gasteiger partial charge in [0.2, 0.25) is 0 Å². The Morgan fingerprint density at radius 3 is 2.28 bits per heavy atom. The van der Waals surface area contributed by atoms with Crippen LogP contribution in [0.25, 0.3) is 11.1 Å². The van der Waals surface area contributed by atoms with Crippen molar-refractivity contribution in [2.75, 3.05) is 13.2 Å². The number of rotatable bonds is 11. The van der Waals surface area contributed by atoms with E-state index in [0.717, 1.165) is 28.8 Å². The van der Waals surface area contributed by atoms with Crippen LogP contribution in [0.15, 0.2) is 84.0 Å². The fourth-order valence-electron chi connectivity index (χ4n) is 3.50. The monoisotopic (exact) mass is 431 g/mol. The van der Waals surface area contributed by atoms with E-state index in [0.29, 0.717) is 25.4 Å². The topological polar surface area (TPSA) is 68.1 Å². The highest BCUT2D eigenvalue weighted by molar-refractivity contribution is 6.00. The van der Waals surface area contributed by atoms with Crippen molar-refractivity contribution in [2.24, 2.45) is 5.16 Å². The maximum absolute atomic E-state index is 11.4. The number of nitrogens with zero attached hydrogens (tertiary/aromatic N) is 1. The second kappa shape index (κ2) is 11.7. The molecule has 1 atom stereocenters. The summed E-state index contributed by atoms with van der Waals surface area (Å²) in [7, 11) is 0. The lowest BCUT2D eigenvalue weighted by molar-refractivity contribution is -0.138. The molecule has 0 aliphatic carbocycles. The lowest BCUT2D eigenvalue weighted by Crippen LogP contribution is -2.11. The van der Waals surface area contributed by atoms with Crippen LogP contribution in [0.2, 0.25) is 0 Å². The van der Waals surface area contributed by atoms with E-state index in [2.05, 4.69) is 41.6 Å². The van der Waals surface area contributed by atoms with Crippen LogP contribution in [0.5, 0.6) is 5.75 Å². The number of oxime groups is 1. The molecule has 0 spiro atoms. The van der Waals surface area contributed by atoms with Gasteiger partial charge in [-0.1, -0.05) is 85.7 Å². The largest absolute Gasteiger partial charge is 0.490 e. The lowest BCUT2D eigenvalue weighted by Gasteiger charge is -2.12. The quantitative estimate of drug-likeness (QED) is 0.225. The molecule has 0 heterocycles.